The molecule has 0 radical (unpaired) electrons. The molecule has 0 aromatic carbocycles. The highest BCUT2D eigenvalue weighted by Crippen LogP contribution is 2.35. The molecule has 0 unspecified atom stereocenters. The minimum absolute atomic E-state index is 0.0576. The summed E-state index contributed by atoms with van der Waals surface area (Å²) in [5.41, 5.74) is 1.64. The minimum Gasteiger partial charge on any atom is -0.340 e. The van der Waals surface area contributed by atoms with Crippen LogP contribution in [-0.4, -0.2) is 39.0 Å². The number of rotatable bonds is 3. The van der Waals surface area contributed by atoms with Gasteiger partial charge in [-0.25, -0.2) is 4.98 Å². The van der Waals surface area contributed by atoms with Crippen molar-refractivity contribution in [3.05, 3.63) is 26.7 Å². The molecule has 1 aliphatic rings. The van der Waals surface area contributed by atoms with Crippen LogP contribution in [-0.2, 0) is 6.42 Å². The molecule has 0 aliphatic heterocycles. The summed E-state index contributed by atoms with van der Waals surface area (Å²) in [4.78, 5) is 20.0. The van der Waals surface area contributed by atoms with E-state index >= 15 is 0 Å². The fraction of sp³-hybridized carbons (Fsp3) is 0.538. The van der Waals surface area contributed by atoms with Crippen LogP contribution in [0.25, 0.3) is 0 Å². The highest BCUT2D eigenvalue weighted by atomic mass is 32.1. The molecule has 2 heterocycles. The Morgan fingerprint density at radius 1 is 1.55 bits per heavy atom. The van der Waals surface area contributed by atoms with Crippen LogP contribution in [0.3, 0.4) is 0 Å². The predicted octanol–water partition coefficient (Wildman–Crippen LogP) is 2.50. The number of carbonyl (C=O) groups excluding carboxylic acids is 1. The number of carbonyl (C=O) groups is 1. The molecule has 1 amide bonds. The van der Waals surface area contributed by atoms with Crippen molar-refractivity contribution in [3.63, 3.8) is 0 Å². The lowest BCUT2D eigenvalue weighted by Crippen LogP contribution is -2.32. The molecule has 3 rings (SSSR count). The third-order valence-corrected chi connectivity index (χ3v) is 5.15. The number of aromatic nitrogens is 3. The second kappa shape index (κ2) is 5.57. The number of fused-ring (bicyclic) bond motifs is 1. The first-order valence-electron chi connectivity index (χ1n) is 6.64. The molecule has 0 saturated carbocycles. The molecule has 0 N–H and O–H groups in total. The van der Waals surface area contributed by atoms with Gasteiger partial charge in [0, 0.05) is 29.8 Å². The van der Waals surface area contributed by atoms with E-state index in [1.165, 1.54) is 28.5 Å². The van der Waals surface area contributed by atoms with Gasteiger partial charge in [0.15, 0.2) is 5.69 Å². The number of likely N-dealkylation sites (N-methyl/N-ethyl adjacent to an activating group) is 1. The van der Waals surface area contributed by atoms with E-state index < -0.39 is 0 Å². The molecule has 0 saturated heterocycles. The maximum Gasteiger partial charge on any atom is 0.275 e. The number of aryl methyl sites for hydroxylation is 2. The Kier molecular flexibility index (Phi) is 3.80. The average molecular weight is 308 g/mol. The number of nitrogens with zero attached hydrogens (tertiary/aromatic N) is 4. The Morgan fingerprint density at radius 3 is 3.15 bits per heavy atom. The van der Waals surface area contributed by atoms with Gasteiger partial charge >= 0.3 is 0 Å². The van der Waals surface area contributed by atoms with Gasteiger partial charge in [-0.15, -0.1) is 16.4 Å². The average Bonchev–Trinajstić information content (AvgIpc) is 3.06. The summed E-state index contributed by atoms with van der Waals surface area (Å²) in [6.07, 6.45) is 3.41. The van der Waals surface area contributed by atoms with E-state index in [2.05, 4.69) is 21.5 Å². The molecule has 0 fully saturated rings. The lowest BCUT2D eigenvalue weighted by molar-refractivity contribution is 0.0777. The summed E-state index contributed by atoms with van der Waals surface area (Å²) in [6.45, 7) is 2.75. The van der Waals surface area contributed by atoms with Crippen molar-refractivity contribution in [2.24, 2.45) is 0 Å². The Hall–Kier alpha value is -1.34. The fourth-order valence-electron chi connectivity index (χ4n) is 2.67. The lowest BCUT2D eigenvalue weighted by Gasteiger charge is -2.26. The fourth-order valence-corrected chi connectivity index (χ4v) is 4.17. The molecule has 1 atom stereocenters. The number of hydrogen-bond acceptors (Lipinski definition) is 6. The van der Waals surface area contributed by atoms with E-state index in [0.717, 1.165) is 17.8 Å². The lowest BCUT2D eigenvalue weighted by atomic mass is 9.90. The van der Waals surface area contributed by atoms with Crippen LogP contribution in [0.15, 0.2) is 5.38 Å². The summed E-state index contributed by atoms with van der Waals surface area (Å²) < 4.78 is 3.75. The van der Waals surface area contributed by atoms with Crippen molar-refractivity contribution >= 4 is 28.8 Å². The molecule has 0 bridgehead atoms. The van der Waals surface area contributed by atoms with Crippen molar-refractivity contribution in [3.8, 4) is 0 Å². The molecule has 2 aromatic rings. The van der Waals surface area contributed by atoms with Crippen LogP contribution >= 0.6 is 22.9 Å². The van der Waals surface area contributed by atoms with Crippen LogP contribution in [0, 0.1) is 6.92 Å². The standard InChI is InChI=1S/C13H16N4OS2/c1-8-14-12-9(4-3-5-11(12)20-8)6-17(2)13(18)10-7-19-16-15-10/h7,9H,3-6H2,1-2H3/t9-/m1/s1. The predicted molar refractivity (Wildman–Crippen MR) is 79.4 cm³/mol. The van der Waals surface area contributed by atoms with Crippen LogP contribution in [0.4, 0.5) is 0 Å². The van der Waals surface area contributed by atoms with Gasteiger partial charge in [-0.2, -0.15) is 0 Å². The van der Waals surface area contributed by atoms with E-state index in [1.807, 2.05) is 7.05 Å². The Bertz CT molecular complexity index is 608. The Balaban J connectivity index is 1.74. The topological polar surface area (TPSA) is 59.0 Å². The molecule has 2 aromatic heterocycles. The minimum atomic E-state index is -0.0576. The van der Waals surface area contributed by atoms with E-state index in [-0.39, 0.29) is 5.91 Å². The molecule has 1 aliphatic carbocycles. The van der Waals surface area contributed by atoms with Gasteiger partial charge in [-0.1, -0.05) is 4.49 Å². The molecular weight excluding hydrogens is 292 g/mol. The van der Waals surface area contributed by atoms with Gasteiger partial charge in [0.05, 0.1) is 10.7 Å². The van der Waals surface area contributed by atoms with E-state index in [0.29, 0.717) is 18.2 Å². The van der Waals surface area contributed by atoms with Crippen LogP contribution < -0.4 is 0 Å². The van der Waals surface area contributed by atoms with Gasteiger partial charge in [0.2, 0.25) is 0 Å². The Labute approximate surface area is 125 Å². The van der Waals surface area contributed by atoms with Crippen molar-refractivity contribution < 1.29 is 4.79 Å². The molecule has 106 valence electrons. The quantitative estimate of drug-likeness (QED) is 0.874. The first-order valence-corrected chi connectivity index (χ1v) is 8.29. The molecule has 7 heteroatoms. The summed E-state index contributed by atoms with van der Waals surface area (Å²) in [7, 11) is 1.83. The van der Waals surface area contributed by atoms with Gasteiger partial charge in [0.25, 0.3) is 5.91 Å². The van der Waals surface area contributed by atoms with Crippen LogP contribution in [0.1, 0.15) is 44.8 Å². The Morgan fingerprint density at radius 2 is 2.40 bits per heavy atom. The number of hydrogen-bond donors (Lipinski definition) is 0. The second-order valence-corrected chi connectivity index (χ2v) is 7.00. The van der Waals surface area contributed by atoms with E-state index in [1.54, 1.807) is 21.6 Å². The molecule has 0 spiro atoms. The van der Waals surface area contributed by atoms with Gasteiger partial charge < -0.3 is 4.90 Å². The van der Waals surface area contributed by atoms with Crippen molar-refractivity contribution in [1.82, 2.24) is 19.5 Å². The maximum atomic E-state index is 12.2. The van der Waals surface area contributed by atoms with E-state index in [4.69, 9.17) is 0 Å². The maximum absolute atomic E-state index is 12.2. The smallest absolute Gasteiger partial charge is 0.275 e. The van der Waals surface area contributed by atoms with Gasteiger partial charge in [-0.05, 0) is 37.7 Å². The zero-order valence-corrected chi connectivity index (χ0v) is 13.1. The van der Waals surface area contributed by atoms with Gasteiger partial charge in [-0.3, -0.25) is 4.79 Å². The molecular formula is C13H16N4OS2. The zero-order valence-electron chi connectivity index (χ0n) is 11.5. The summed E-state index contributed by atoms with van der Waals surface area (Å²) in [5, 5.41) is 6.66. The monoisotopic (exact) mass is 308 g/mol. The van der Waals surface area contributed by atoms with Crippen molar-refractivity contribution in [2.45, 2.75) is 32.1 Å². The summed E-state index contributed by atoms with van der Waals surface area (Å²) in [6, 6.07) is 0. The van der Waals surface area contributed by atoms with Crippen molar-refractivity contribution in [2.75, 3.05) is 13.6 Å². The number of amides is 1. The third kappa shape index (κ3) is 2.60. The normalized spacial score (nSPS) is 17.8. The van der Waals surface area contributed by atoms with E-state index in [9.17, 15) is 4.79 Å². The first kappa shape index (κ1) is 13.6. The highest BCUT2D eigenvalue weighted by molar-refractivity contribution is 7.11. The largest absolute Gasteiger partial charge is 0.340 e. The number of thiazole rings is 1. The second-order valence-electron chi connectivity index (χ2n) is 5.11. The van der Waals surface area contributed by atoms with Gasteiger partial charge in [0.1, 0.15) is 0 Å². The zero-order chi connectivity index (χ0) is 14.1. The first-order chi connectivity index (χ1) is 9.65. The van der Waals surface area contributed by atoms with Crippen LogP contribution in [0.5, 0.6) is 0 Å². The summed E-state index contributed by atoms with van der Waals surface area (Å²) in [5.74, 6) is 0.294. The summed E-state index contributed by atoms with van der Waals surface area (Å²) >= 11 is 3.00. The van der Waals surface area contributed by atoms with Crippen molar-refractivity contribution in [1.29, 1.82) is 0 Å². The molecule has 5 nitrogen and oxygen atoms in total. The SMILES string of the molecule is Cc1nc2c(s1)CCC[C@@H]2CN(C)C(=O)c1csnn1. The molecule has 20 heavy (non-hydrogen) atoms. The highest BCUT2D eigenvalue weighted by Gasteiger charge is 2.27. The third-order valence-electron chi connectivity index (χ3n) is 3.60. The van der Waals surface area contributed by atoms with Crippen LogP contribution in [0.2, 0.25) is 0 Å².